The van der Waals surface area contributed by atoms with Crippen molar-refractivity contribution in [3.63, 3.8) is 0 Å². The molecule has 1 aliphatic rings. The van der Waals surface area contributed by atoms with Crippen molar-refractivity contribution in [3.8, 4) is 28.9 Å². The van der Waals surface area contributed by atoms with Gasteiger partial charge < -0.3 is 24.6 Å². The fourth-order valence-corrected chi connectivity index (χ4v) is 2.65. The first kappa shape index (κ1) is 17.6. The summed E-state index contributed by atoms with van der Waals surface area (Å²) in [6.45, 7) is 0.0904. The number of rotatable bonds is 5. The zero-order chi connectivity index (χ0) is 19.5. The lowest BCUT2D eigenvalue weighted by atomic mass is 10.2. The summed E-state index contributed by atoms with van der Waals surface area (Å²) in [7, 11) is 0. The number of nitrogens with zero attached hydrogens (tertiary/aromatic N) is 1. The van der Waals surface area contributed by atoms with Gasteiger partial charge in [-0.05, 0) is 30.3 Å². The smallest absolute Gasteiger partial charge is 0.257 e. The van der Waals surface area contributed by atoms with Gasteiger partial charge in [0.05, 0.1) is 0 Å². The number of aromatic nitrogens is 1. The predicted octanol–water partition coefficient (Wildman–Crippen LogP) is 3.38. The molecule has 2 N–H and O–H groups in total. The van der Waals surface area contributed by atoms with Gasteiger partial charge in [0.25, 0.3) is 5.91 Å². The number of hydrogen-bond acceptors (Lipinski definition) is 6. The number of nitrogens with one attached hydrogen (secondary N) is 1. The van der Waals surface area contributed by atoms with Crippen LogP contribution in [0.5, 0.6) is 28.9 Å². The van der Waals surface area contributed by atoms with Crippen LogP contribution in [-0.2, 0) is 6.54 Å². The molecule has 0 aliphatic carbocycles. The first-order valence-electron chi connectivity index (χ1n) is 8.38. The van der Waals surface area contributed by atoms with Crippen LogP contribution in [0.3, 0.4) is 0 Å². The fraction of sp³-hybridized carbons (Fsp3) is 0.100. The molecule has 3 aromatic rings. The molecule has 0 unspecified atom stereocenters. The first-order chi connectivity index (χ1) is 13.6. The molecule has 2 heterocycles. The second kappa shape index (κ2) is 7.43. The standard InChI is InChI=1S/C20H15FN2O5/c21-16-8-13(24)4-3-12(16)10-23-19(25)15-2-1-7-22-20(15)28-14-5-6-17-18(9-14)27-11-26-17/h1-9,24H,10-11H2,(H,23,25). The largest absolute Gasteiger partial charge is 0.508 e. The number of aromatic hydroxyl groups is 1. The van der Waals surface area contributed by atoms with Gasteiger partial charge in [0.15, 0.2) is 11.5 Å². The third-order valence-electron chi connectivity index (χ3n) is 4.05. The molecule has 0 spiro atoms. The number of fused-ring (bicyclic) bond motifs is 1. The van der Waals surface area contributed by atoms with E-state index in [1.165, 1.54) is 18.3 Å². The summed E-state index contributed by atoms with van der Waals surface area (Å²) in [5.41, 5.74) is 0.438. The van der Waals surface area contributed by atoms with Gasteiger partial charge in [0.2, 0.25) is 12.7 Å². The average Bonchev–Trinajstić information content (AvgIpc) is 3.15. The molecule has 8 heteroatoms. The number of hydrogen-bond donors (Lipinski definition) is 2. The van der Waals surface area contributed by atoms with Gasteiger partial charge in [0.1, 0.15) is 22.9 Å². The van der Waals surface area contributed by atoms with E-state index in [4.69, 9.17) is 14.2 Å². The van der Waals surface area contributed by atoms with E-state index >= 15 is 0 Å². The summed E-state index contributed by atoms with van der Waals surface area (Å²) >= 11 is 0. The Morgan fingerprint density at radius 2 is 2.04 bits per heavy atom. The van der Waals surface area contributed by atoms with Crippen LogP contribution in [0.2, 0.25) is 0 Å². The quantitative estimate of drug-likeness (QED) is 0.703. The normalized spacial score (nSPS) is 11.9. The van der Waals surface area contributed by atoms with E-state index in [9.17, 15) is 14.3 Å². The first-order valence-corrected chi connectivity index (χ1v) is 8.38. The van der Waals surface area contributed by atoms with Gasteiger partial charge >= 0.3 is 0 Å². The molecule has 0 radical (unpaired) electrons. The van der Waals surface area contributed by atoms with Gasteiger partial charge in [0, 0.05) is 30.4 Å². The van der Waals surface area contributed by atoms with Crippen molar-refractivity contribution in [3.05, 3.63) is 71.7 Å². The van der Waals surface area contributed by atoms with Crippen molar-refractivity contribution < 1.29 is 28.5 Å². The van der Waals surface area contributed by atoms with Crippen LogP contribution >= 0.6 is 0 Å². The van der Waals surface area contributed by atoms with Crippen molar-refractivity contribution in [1.82, 2.24) is 10.3 Å². The Morgan fingerprint density at radius 3 is 2.89 bits per heavy atom. The Kier molecular flexibility index (Phi) is 4.67. The number of phenols is 1. The van der Waals surface area contributed by atoms with Crippen molar-refractivity contribution in [2.24, 2.45) is 0 Å². The summed E-state index contributed by atoms with van der Waals surface area (Å²) < 4.78 is 30.1. The van der Waals surface area contributed by atoms with Crippen molar-refractivity contribution in [2.45, 2.75) is 6.54 Å². The summed E-state index contributed by atoms with van der Waals surface area (Å²) in [6.07, 6.45) is 1.50. The van der Waals surface area contributed by atoms with Gasteiger partial charge in [-0.1, -0.05) is 6.07 Å². The molecule has 0 saturated carbocycles. The molecule has 0 atom stereocenters. The van der Waals surface area contributed by atoms with Gasteiger partial charge in [-0.3, -0.25) is 4.79 Å². The minimum Gasteiger partial charge on any atom is -0.508 e. The van der Waals surface area contributed by atoms with Crippen molar-refractivity contribution in [2.75, 3.05) is 6.79 Å². The predicted molar refractivity (Wildman–Crippen MR) is 96.1 cm³/mol. The average molecular weight is 382 g/mol. The number of phenolic OH excluding ortho intramolecular Hbond substituents is 1. The topological polar surface area (TPSA) is 89.9 Å². The molecular formula is C20H15FN2O5. The van der Waals surface area contributed by atoms with E-state index in [-0.39, 0.29) is 36.1 Å². The number of pyridine rings is 1. The second-order valence-corrected chi connectivity index (χ2v) is 5.93. The molecular weight excluding hydrogens is 367 g/mol. The van der Waals surface area contributed by atoms with Crippen molar-refractivity contribution >= 4 is 5.91 Å². The maximum absolute atomic E-state index is 13.8. The number of halogens is 1. The highest BCUT2D eigenvalue weighted by molar-refractivity contribution is 5.96. The highest BCUT2D eigenvalue weighted by atomic mass is 19.1. The maximum Gasteiger partial charge on any atom is 0.257 e. The molecule has 4 rings (SSSR count). The fourth-order valence-electron chi connectivity index (χ4n) is 2.65. The Labute approximate surface area is 159 Å². The number of carbonyl (C=O) groups excluding carboxylic acids is 1. The van der Waals surface area contributed by atoms with Crippen molar-refractivity contribution in [1.29, 1.82) is 0 Å². The molecule has 142 valence electrons. The summed E-state index contributed by atoms with van der Waals surface area (Å²) in [5, 5.41) is 11.9. The number of ether oxygens (including phenoxy) is 3. The number of benzene rings is 2. The highest BCUT2D eigenvalue weighted by Gasteiger charge is 2.18. The third kappa shape index (κ3) is 3.66. The molecule has 1 aliphatic heterocycles. The van der Waals surface area contributed by atoms with E-state index in [2.05, 4.69) is 10.3 Å². The van der Waals surface area contributed by atoms with E-state index < -0.39 is 11.7 Å². The molecule has 0 fully saturated rings. The minimum absolute atomic E-state index is 0.0523. The zero-order valence-corrected chi connectivity index (χ0v) is 14.5. The van der Waals surface area contributed by atoms with E-state index in [0.29, 0.717) is 17.2 Å². The monoisotopic (exact) mass is 382 g/mol. The summed E-state index contributed by atoms with van der Waals surface area (Å²) in [4.78, 5) is 16.7. The van der Waals surface area contributed by atoms with Crippen LogP contribution < -0.4 is 19.5 Å². The lowest BCUT2D eigenvalue weighted by molar-refractivity contribution is 0.0947. The van der Waals surface area contributed by atoms with Crippen LogP contribution in [-0.4, -0.2) is 22.8 Å². The van der Waals surface area contributed by atoms with E-state index in [1.807, 2.05) is 0 Å². The number of carbonyl (C=O) groups is 1. The molecule has 0 saturated heterocycles. The molecule has 0 bridgehead atoms. The SMILES string of the molecule is O=C(NCc1ccc(O)cc1F)c1cccnc1Oc1ccc2c(c1)OCO2. The maximum atomic E-state index is 13.8. The van der Waals surface area contributed by atoms with E-state index in [1.54, 1.807) is 30.3 Å². The molecule has 7 nitrogen and oxygen atoms in total. The molecule has 1 aromatic heterocycles. The van der Waals surface area contributed by atoms with Gasteiger partial charge in [-0.15, -0.1) is 0 Å². The second-order valence-electron chi connectivity index (χ2n) is 5.93. The Hall–Kier alpha value is -3.81. The zero-order valence-electron chi connectivity index (χ0n) is 14.5. The summed E-state index contributed by atoms with van der Waals surface area (Å²) in [5.74, 6) is 0.426. The van der Waals surface area contributed by atoms with Crippen LogP contribution in [0.25, 0.3) is 0 Å². The number of amides is 1. The third-order valence-corrected chi connectivity index (χ3v) is 4.05. The molecule has 28 heavy (non-hydrogen) atoms. The Balaban J connectivity index is 1.49. The Morgan fingerprint density at radius 1 is 1.18 bits per heavy atom. The highest BCUT2D eigenvalue weighted by Crippen LogP contribution is 2.36. The van der Waals surface area contributed by atoms with Crippen LogP contribution in [0.1, 0.15) is 15.9 Å². The molecule has 2 aromatic carbocycles. The minimum atomic E-state index is -0.608. The summed E-state index contributed by atoms with van der Waals surface area (Å²) in [6, 6.07) is 11.9. The Bertz CT molecular complexity index is 1040. The molecule has 1 amide bonds. The van der Waals surface area contributed by atoms with Crippen LogP contribution in [0.4, 0.5) is 4.39 Å². The van der Waals surface area contributed by atoms with Crippen LogP contribution in [0, 0.1) is 5.82 Å². The van der Waals surface area contributed by atoms with E-state index in [0.717, 1.165) is 6.07 Å². The lowest BCUT2D eigenvalue weighted by Crippen LogP contribution is -2.24. The van der Waals surface area contributed by atoms with Gasteiger partial charge in [-0.25, -0.2) is 9.37 Å². The van der Waals surface area contributed by atoms with Gasteiger partial charge in [-0.2, -0.15) is 0 Å². The lowest BCUT2D eigenvalue weighted by Gasteiger charge is -2.11. The van der Waals surface area contributed by atoms with Crippen LogP contribution in [0.15, 0.2) is 54.7 Å².